The summed E-state index contributed by atoms with van der Waals surface area (Å²) in [5, 5.41) is 7.84. The molecule has 2 aromatic carbocycles. The minimum absolute atomic E-state index is 0.0385. The highest BCUT2D eigenvalue weighted by Crippen LogP contribution is 2.49. The van der Waals surface area contributed by atoms with Gasteiger partial charge in [0.15, 0.2) is 0 Å². The Hall–Kier alpha value is -2.99. The van der Waals surface area contributed by atoms with Gasteiger partial charge in [0.25, 0.3) is 0 Å². The molecule has 4 rings (SSSR count). The summed E-state index contributed by atoms with van der Waals surface area (Å²) in [4.78, 5) is 26.0. The van der Waals surface area contributed by atoms with Gasteiger partial charge in [-0.1, -0.05) is 30.3 Å². The van der Waals surface area contributed by atoms with Gasteiger partial charge in [0, 0.05) is 10.6 Å². The predicted molar refractivity (Wildman–Crippen MR) is 112 cm³/mol. The second kappa shape index (κ2) is 8.17. The Morgan fingerprint density at radius 3 is 2.34 bits per heavy atom. The van der Waals surface area contributed by atoms with E-state index in [1.54, 1.807) is 35.6 Å². The van der Waals surface area contributed by atoms with Crippen molar-refractivity contribution in [2.75, 3.05) is 5.32 Å². The molecule has 2 N–H and O–H groups in total. The van der Waals surface area contributed by atoms with E-state index in [0.29, 0.717) is 18.7 Å². The van der Waals surface area contributed by atoms with Gasteiger partial charge in [-0.05, 0) is 59.7 Å². The van der Waals surface area contributed by atoms with Crippen LogP contribution in [0, 0.1) is 5.82 Å². The van der Waals surface area contributed by atoms with Crippen LogP contribution in [-0.2, 0) is 28.0 Å². The van der Waals surface area contributed by atoms with E-state index in [4.69, 9.17) is 0 Å². The zero-order chi connectivity index (χ0) is 20.3. The molecule has 148 valence electrons. The number of amides is 2. The summed E-state index contributed by atoms with van der Waals surface area (Å²) in [6.07, 6.45) is 1.80. The lowest BCUT2D eigenvalue weighted by Crippen LogP contribution is -2.27. The summed E-state index contributed by atoms with van der Waals surface area (Å²) in [5.41, 5.74) is 1.85. The minimum Gasteiger partial charge on any atom is -0.351 e. The fraction of sp³-hybridized carbons (Fsp3) is 0.217. The number of carbonyl (C=O) groups excluding carboxylic acids is 2. The summed E-state index contributed by atoms with van der Waals surface area (Å²) in [7, 11) is 0. The van der Waals surface area contributed by atoms with E-state index in [1.807, 2.05) is 29.6 Å². The Labute approximate surface area is 172 Å². The lowest BCUT2D eigenvalue weighted by molar-refractivity contribution is -0.120. The van der Waals surface area contributed by atoms with Crippen LogP contribution in [0.1, 0.15) is 28.8 Å². The fourth-order valence-electron chi connectivity index (χ4n) is 3.34. The van der Waals surface area contributed by atoms with Crippen LogP contribution in [0.15, 0.2) is 66.0 Å². The van der Waals surface area contributed by atoms with Crippen LogP contribution in [0.5, 0.6) is 0 Å². The number of carbonyl (C=O) groups is 2. The Balaban J connectivity index is 1.32. The minimum atomic E-state index is -0.561. The maximum Gasteiger partial charge on any atom is 0.235 e. The molecule has 1 aliphatic rings. The Morgan fingerprint density at radius 1 is 1.00 bits per heavy atom. The summed E-state index contributed by atoms with van der Waals surface area (Å²) < 4.78 is 13.2. The molecular formula is C23H21FN2O2S. The van der Waals surface area contributed by atoms with Gasteiger partial charge in [-0.15, -0.1) is 11.3 Å². The summed E-state index contributed by atoms with van der Waals surface area (Å²) in [6, 6.07) is 17.4. The first-order chi connectivity index (χ1) is 14.0. The van der Waals surface area contributed by atoms with Crippen LogP contribution in [-0.4, -0.2) is 11.8 Å². The van der Waals surface area contributed by atoms with Crippen molar-refractivity contribution in [1.82, 2.24) is 5.32 Å². The molecule has 0 bridgehead atoms. The van der Waals surface area contributed by atoms with E-state index in [2.05, 4.69) is 10.6 Å². The quantitative estimate of drug-likeness (QED) is 0.608. The zero-order valence-corrected chi connectivity index (χ0v) is 16.6. The SMILES string of the molecule is O=C(Cc1ccc(NC(=O)C2(c3ccc(F)cc3)CC2)cc1)NCc1cccs1. The van der Waals surface area contributed by atoms with Gasteiger partial charge in [0.05, 0.1) is 18.4 Å². The average Bonchev–Trinajstić information content (AvgIpc) is 3.37. The molecule has 2 amide bonds. The first-order valence-corrected chi connectivity index (χ1v) is 10.4. The molecule has 1 saturated carbocycles. The van der Waals surface area contributed by atoms with E-state index < -0.39 is 5.41 Å². The third-order valence-electron chi connectivity index (χ3n) is 5.20. The molecule has 1 fully saturated rings. The molecule has 0 radical (unpaired) electrons. The third-order valence-corrected chi connectivity index (χ3v) is 6.07. The van der Waals surface area contributed by atoms with Crippen molar-refractivity contribution in [2.45, 2.75) is 31.2 Å². The highest BCUT2D eigenvalue weighted by molar-refractivity contribution is 7.09. The number of rotatable bonds is 7. The first kappa shape index (κ1) is 19.3. The van der Waals surface area contributed by atoms with Gasteiger partial charge in [0.2, 0.25) is 11.8 Å². The number of hydrogen-bond donors (Lipinski definition) is 2. The van der Waals surface area contributed by atoms with E-state index in [9.17, 15) is 14.0 Å². The van der Waals surface area contributed by atoms with Gasteiger partial charge in [-0.2, -0.15) is 0 Å². The monoisotopic (exact) mass is 408 g/mol. The number of anilines is 1. The highest BCUT2D eigenvalue weighted by Gasteiger charge is 2.51. The second-order valence-corrected chi connectivity index (χ2v) is 8.31. The van der Waals surface area contributed by atoms with E-state index in [-0.39, 0.29) is 17.6 Å². The molecule has 0 spiro atoms. The molecule has 0 atom stereocenters. The maximum atomic E-state index is 13.2. The smallest absolute Gasteiger partial charge is 0.235 e. The Kier molecular flexibility index (Phi) is 5.45. The van der Waals surface area contributed by atoms with Crippen molar-refractivity contribution >= 4 is 28.8 Å². The van der Waals surface area contributed by atoms with Crippen molar-refractivity contribution in [2.24, 2.45) is 0 Å². The topological polar surface area (TPSA) is 58.2 Å². The van der Waals surface area contributed by atoms with Crippen LogP contribution in [0.3, 0.4) is 0 Å². The molecule has 29 heavy (non-hydrogen) atoms. The molecule has 0 aliphatic heterocycles. The van der Waals surface area contributed by atoms with Crippen LogP contribution < -0.4 is 10.6 Å². The number of thiophene rings is 1. The molecule has 4 nitrogen and oxygen atoms in total. The zero-order valence-electron chi connectivity index (χ0n) is 15.8. The van der Waals surface area contributed by atoms with Crippen LogP contribution in [0.25, 0.3) is 0 Å². The van der Waals surface area contributed by atoms with Gasteiger partial charge < -0.3 is 10.6 Å². The standard InChI is InChI=1S/C23H21FN2O2S/c24-18-7-5-17(6-8-18)23(11-12-23)22(28)26-19-9-3-16(4-10-19)14-21(27)25-15-20-2-1-13-29-20/h1-10,13H,11-12,14-15H2,(H,25,27)(H,26,28). The molecule has 3 aromatic rings. The van der Waals surface area contributed by atoms with Crippen molar-refractivity contribution in [1.29, 1.82) is 0 Å². The van der Waals surface area contributed by atoms with E-state index in [1.165, 1.54) is 12.1 Å². The molecule has 1 aromatic heterocycles. The molecule has 1 aliphatic carbocycles. The number of hydrogen-bond acceptors (Lipinski definition) is 3. The lowest BCUT2D eigenvalue weighted by atomic mass is 9.95. The summed E-state index contributed by atoms with van der Waals surface area (Å²) in [6.45, 7) is 0.538. The van der Waals surface area contributed by atoms with Gasteiger partial charge in [0.1, 0.15) is 5.82 Å². The first-order valence-electron chi connectivity index (χ1n) is 9.51. The number of benzene rings is 2. The van der Waals surface area contributed by atoms with Crippen molar-refractivity contribution in [3.8, 4) is 0 Å². The van der Waals surface area contributed by atoms with Crippen molar-refractivity contribution in [3.05, 3.63) is 87.9 Å². The van der Waals surface area contributed by atoms with E-state index in [0.717, 1.165) is 28.8 Å². The second-order valence-electron chi connectivity index (χ2n) is 7.27. The van der Waals surface area contributed by atoms with Gasteiger partial charge in [-0.3, -0.25) is 9.59 Å². The maximum absolute atomic E-state index is 13.2. The molecular weight excluding hydrogens is 387 g/mol. The van der Waals surface area contributed by atoms with Crippen LogP contribution in [0.2, 0.25) is 0 Å². The molecule has 0 saturated heterocycles. The molecule has 1 heterocycles. The molecule has 6 heteroatoms. The highest BCUT2D eigenvalue weighted by atomic mass is 32.1. The number of nitrogens with one attached hydrogen (secondary N) is 2. The molecule has 0 unspecified atom stereocenters. The lowest BCUT2D eigenvalue weighted by Gasteiger charge is -2.16. The van der Waals surface area contributed by atoms with Gasteiger partial charge >= 0.3 is 0 Å². The van der Waals surface area contributed by atoms with E-state index >= 15 is 0 Å². The Morgan fingerprint density at radius 2 is 1.72 bits per heavy atom. The predicted octanol–water partition coefficient (Wildman–Crippen LogP) is 4.42. The number of halogens is 1. The fourth-order valence-corrected chi connectivity index (χ4v) is 3.99. The largest absolute Gasteiger partial charge is 0.351 e. The van der Waals surface area contributed by atoms with Crippen molar-refractivity contribution < 1.29 is 14.0 Å². The summed E-state index contributed by atoms with van der Waals surface area (Å²) in [5.74, 6) is -0.422. The van der Waals surface area contributed by atoms with Crippen molar-refractivity contribution in [3.63, 3.8) is 0 Å². The normalized spacial score (nSPS) is 14.2. The Bertz CT molecular complexity index is 994. The third kappa shape index (κ3) is 4.54. The average molecular weight is 408 g/mol. The van der Waals surface area contributed by atoms with Gasteiger partial charge in [-0.25, -0.2) is 4.39 Å². The van der Waals surface area contributed by atoms with Crippen LogP contribution in [0.4, 0.5) is 10.1 Å². The summed E-state index contributed by atoms with van der Waals surface area (Å²) >= 11 is 1.61. The van der Waals surface area contributed by atoms with Crippen LogP contribution >= 0.6 is 11.3 Å².